The van der Waals surface area contributed by atoms with Crippen molar-refractivity contribution in [1.29, 1.82) is 0 Å². The van der Waals surface area contributed by atoms with Gasteiger partial charge in [0.1, 0.15) is 4.88 Å². The number of rotatable bonds is 6. The molecule has 0 aliphatic heterocycles. The van der Waals surface area contributed by atoms with E-state index in [-0.39, 0.29) is 4.88 Å². The Labute approximate surface area is 126 Å². The van der Waals surface area contributed by atoms with Gasteiger partial charge in [-0.15, -0.1) is 11.3 Å². The quantitative estimate of drug-likeness (QED) is 0.372. The highest BCUT2D eigenvalue weighted by Crippen LogP contribution is 2.17. The van der Waals surface area contributed by atoms with E-state index in [2.05, 4.69) is 0 Å². The molecule has 1 aromatic heterocycles. The minimum atomic E-state index is -0.636. The topological polar surface area (TPSA) is 75.6 Å². The SMILES string of the molecule is O=C(NO)c1ccc(C(=O)OCCCc2ccccc2)s1. The number of aryl methyl sites for hydroxylation is 1. The van der Waals surface area contributed by atoms with Crippen LogP contribution in [0.25, 0.3) is 0 Å². The second kappa shape index (κ2) is 7.56. The Morgan fingerprint density at radius 3 is 2.52 bits per heavy atom. The molecule has 0 aliphatic carbocycles. The van der Waals surface area contributed by atoms with Crippen molar-refractivity contribution in [2.45, 2.75) is 12.8 Å². The highest BCUT2D eigenvalue weighted by molar-refractivity contribution is 7.15. The minimum absolute atomic E-state index is 0.258. The van der Waals surface area contributed by atoms with Crippen molar-refractivity contribution in [3.8, 4) is 0 Å². The van der Waals surface area contributed by atoms with Crippen molar-refractivity contribution in [1.82, 2.24) is 5.48 Å². The Balaban J connectivity index is 1.77. The maximum atomic E-state index is 11.8. The van der Waals surface area contributed by atoms with Gasteiger partial charge in [0.15, 0.2) is 0 Å². The number of hydrogen-bond acceptors (Lipinski definition) is 5. The van der Waals surface area contributed by atoms with Crippen LogP contribution in [0.15, 0.2) is 42.5 Å². The molecule has 1 heterocycles. The zero-order chi connectivity index (χ0) is 15.1. The highest BCUT2D eigenvalue weighted by Gasteiger charge is 2.14. The van der Waals surface area contributed by atoms with Crippen LogP contribution in [0, 0.1) is 0 Å². The third-order valence-electron chi connectivity index (χ3n) is 2.82. The molecule has 0 bridgehead atoms. The van der Waals surface area contributed by atoms with Gasteiger partial charge in [-0.1, -0.05) is 30.3 Å². The lowest BCUT2D eigenvalue weighted by atomic mass is 10.1. The summed E-state index contributed by atoms with van der Waals surface area (Å²) in [4.78, 5) is 23.5. The fourth-order valence-electron chi connectivity index (χ4n) is 1.78. The molecule has 2 rings (SSSR count). The van der Waals surface area contributed by atoms with E-state index in [0.29, 0.717) is 11.5 Å². The predicted octanol–water partition coefficient (Wildman–Crippen LogP) is 2.66. The molecule has 0 fully saturated rings. The van der Waals surface area contributed by atoms with E-state index in [4.69, 9.17) is 9.94 Å². The third-order valence-corrected chi connectivity index (χ3v) is 3.88. The van der Waals surface area contributed by atoms with Gasteiger partial charge < -0.3 is 4.74 Å². The Morgan fingerprint density at radius 2 is 1.81 bits per heavy atom. The second-order valence-electron chi connectivity index (χ2n) is 4.33. The van der Waals surface area contributed by atoms with E-state index in [9.17, 15) is 9.59 Å². The fraction of sp³-hybridized carbons (Fsp3) is 0.200. The van der Waals surface area contributed by atoms with Crippen molar-refractivity contribution in [3.63, 3.8) is 0 Å². The Morgan fingerprint density at radius 1 is 1.10 bits per heavy atom. The zero-order valence-corrected chi connectivity index (χ0v) is 12.1. The number of nitrogens with one attached hydrogen (secondary N) is 1. The molecular weight excluding hydrogens is 290 g/mol. The van der Waals surface area contributed by atoms with Crippen molar-refractivity contribution in [2.24, 2.45) is 0 Å². The van der Waals surface area contributed by atoms with Gasteiger partial charge in [0.2, 0.25) is 0 Å². The van der Waals surface area contributed by atoms with E-state index in [1.165, 1.54) is 23.2 Å². The number of carbonyl (C=O) groups is 2. The van der Waals surface area contributed by atoms with Gasteiger partial charge >= 0.3 is 5.97 Å². The molecular formula is C15H15NO4S. The average molecular weight is 305 g/mol. The van der Waals surface area contributed by atoms with Crippen LogP contribution in [0.5, 0.6) is 0 Å². The molecule has 0 radical (unpaired) electrons. The van der Waals surface area contributed by atoms with Crippen LogP contribution < -0.4 is 5.48 Å². The summed E-state index contributed by atoms with van der Waals surface area (Å²) in [5.74, 6) is -1.09. The molecule has 5 nitrogen and oxygen atoms in total. The van der Waals surface area contributed by atoms with Crippen molar-refractivity contribution in [2.75, 3.05) is 6.61 Å². The van der Waals surface area contributed by atoms with Gasteiger partial charge in [-0.25, -0.2) is 10.3 Å². The molecule has 1 aromatic carbocycles. The number of ether oxygens (including phenoxy) is 1. The summed E-state index contributed by atoms with van der Waals surface area (Å²) in [6.07, 6.45) is 1.59. The summed E-state index contributed by atoms with van der Waals surface area (Å²) >= 11 is 0.982. The maximum absolute atomic E-state index is 11.8. The molecule has 0 saturated heterocycles. The van der Waals surface area contributed by atoms with Crippen LogP contribution in [0.4, 0.5) is 0 Å². The zero-order valence-electron chi connectivity index (χ0n) is 11.2. The largest absolute Gasteiger partial charge is 0.461 e. The standard InChI is InChI=1S/C15H15NO4S/c17-14(16-19)12-8-9-13(21-12)15(18)20-10-4-7-11-5-2-1-3-6-11/h1-3,5-6,8-9,19H,4,7,10H2,(H,16,17). The van der Waals surface area contributed by atoms with Crippen molar-refractivity contribution >= 4 is 23.2 Å². The molecule has 2 N–H and O–H groups in total. The lowest BCUT2D eigenvalue weighted by Gasteiger charge is -2.03. The first-order valence-electron chi connectivity index (χ1n) is 6.46. The molecule has 0 saturated carbocycles. The smallest absolute Gasteiger partial charge is 0.348 e. The van der Waals surface area contributed by atoms with E-state index >= 15 is 0 Å². The van der Waals surface area contributed by atoms with Crippen LogP contribution in [-0.4, -0.2) is 23.7 Å². The first-order valence-corrected chi connectivity index (χ1v) is 7.27. The fourth-order valence-corrected chi connectivity index (χ4v) is 2.57. The number of hydroxylamine groups is 1. The van der Waals surface area contributed by atoms with Crippen molar-refractivity contribution < 1.29 is 19.5 Å². The van der Waals surface area contributed by atoms with Gasteiger partial charge in [0.05, 0.1) is 11.5 Å². The Kier molecular flexibility index (Phi) is 5.48. The van der Waals surface area contributed by atoms with Crippen LogP contribution in [-0.2, 0) is 11.2 Å². The lowest BCUT2D eigenvalue weighted by Crippen LogP contribution is -2.16. The summed E-state index contributed by atoms with van der Waals surface area (Å²) in [6.45, 7) is 0.327. The van der Waals surface area contributed by atoms with E-state index in [1.807, 2.05) is 30.3 Å². The molecule has 110 valence electrons. The molecule has 0 unspecified atom stereocenters. The monoisotopic (exact) mass is 305 g/mol. The van der Waals surface area contributed by atoms with Crippen LogP contribution in [0.2, 0.25) is 0 Å². The first kappa shape index (κ1) is 15.2. The summed E-state index contributed by atoms with van der Waals surface area (Å²) < 4.78 is 5.15. The molecule has 2 aromatic rings. The molecule has 0 atom stereocenters. The second-order valence-corrected chi connectivity index (χ2v) is 5.41. The number of esters is 1. The normalized spacial score (nSPS) is 10.1. The van der Waals surface area contributed by atoms with Gasteiger partial charge in [0.25, 0.3) is 5.91 Å². The van der Waals surface area contributed by atoms with E-state index in [1.54, 1.807) is 0 Å². The summed E-state index contributed by atoms with van der Waals surface area (Å²) in [6, 6.07) is 12.9. The predicted molar refractivity (Wildman–Crippen MR) is 78.6 cm³/mol. The van der Waals surface area contributed by atoms with E-state index in [0.717, 1.165) is 24.2 Å². The van der Waals surface area contributed by atoms with Gasteiger partial charge in [0, 0.05) is 0 Å². The third kappa shape index (κ3) is 4.40. The van der Waals surface area contributed by atoms with Gasteiger partial charge in [-0.2, -0.15) is 0 Å². The number of benzene rings is 1. The molecule has 1 amide bonds. The highest BCUT2D eigenvalue weighted by atomic mass is 32.1. The van der Waals surface area contributed by atoms with Gasteiger partial charge in [-0.05, 0) is 30.5 Å². The van der Waals surface area contributed by atoms with Crippen LogP contribution >= 0.6 is 11.3 Å². The van der Waals surface area contributed by atoms with Crippen LogP contribution in [0.1, 0.15) is 31.3 Å². The summed E-state index contributed by atoms with van der Waals surface area (Å²) in [7, 11) is 0. The molecule has 21 heavy (non-hydrogen) atoms. The Bertz CT molecular complexity index is 609. The summed E-state index contributed by atoms with van der Waals surface area (Å²) in [5.41, 5.74) is 2.72. The molecule has 0 aliphatic rings. The van der Waals surface area contributed by atoms with Crippen LogP contribution in [0.3, 0.4) is 0 Å². The number of carbonyl (C=O) groups excluding carboxylic acids is 2. The maximum Gasteiger partial charge on any atom is 0.348 e. The number of hydrogen-bond donors (Lipinski definition) is 2. The first-order chi connectivity index (χ1) is 10.2. The van der Waals surface area contributed by atoms with E-state index < -0.39 is 11.9 Å². The number of amides is 1. The minimum Gasteiger partial charge on any atom is -0.461 e. The average Bonchev–Trinajstić information content (AvgIpc) is 3.01. The Hall–Kier alpha value is -2.18. The van der Waals surface area contributed by atoms with Gasteiger partial charge in [-0.3, -0.25) is 10.0 Å². The molecule has 0 spiro atoms. The lowest BCUT2D eigenvalue weighted by molar-refractivity contribution is 0.0506. The van der Waals surface area contributed by atoms with Crippen molar-refractivity contribution in [3.05, 3.63) is 57.8 Å². The number of thiophene rings is 1. The summed E-state index contributed by atoms with van der Waals surface area (Å²) in [5, 5.41) is 8.51. The molecule has 6 heteroatoms.